The minimum absolute atomic E-state index is 0.00477. The summed E-state index contributed by atoms with van der Waals surface area (Å²) in [5.74, 6) is -3.21. The smallest absolute Gasteiger partial charge is 0.397 e. The summed E-state index contributed by atoms with van der Waals surface area (Å²) in [5, 5.41) is 7.91. The van der Waals surface area contributed by atoms with Gasteiger partial charge in [-0.15, -0.1) is 0 Å². The lowest BCUT2D eigenvalue weighted by atomic mass is 9.84. The quantitative estimate of drug-likeness (QED) is 0.264. The number of urea groups is 2. The highest BCUT2D eigenvalue weighted by Crippen LogP contribution is 2.39. The fourth-order valence-corrected chi connectivity index (χ4v) is 7.65. The van der Waals surface area contributed by atoms with Gasteiger partial charge in [-0.3, -0.25) is 19.7 Å². The van der Waals surface area contributed by atoms with E-state index in [1.807, 2.05) is 24.3 Å². The van der Waals surface area contributed by atoms with Gasteiger partial charge in [-0.25, -0.2) is 14.5 Å². The van der Waals surface area contributed by atoms with Gasteiger partial charge >= 0.3 is 18.2 Å². The third-order valence-electron chi connectivity index (χ3n) is 10.1. The minimum Gasteiger partial charge on any atom is -0.397 e. The molecule has 0 saturated carbocycles. The molecule has 2 aromatic rings. The average Bonchev–Trinajstić information content (AvgIpc) is 3.18. The lowest BCUT2D eigenvalue weighted by Crippen LogP contribution is -2.59. The second-order valence-electron chi connectivity index (χ2n) is 13.0. The fourth-order valence-electron chi connectivity index (χ4n) is 7.41. The van der Waals surface area contributed by atoms with E-state index < -0.39 is 59.1 Å². The Bertz CT molecular complexity index is 1670. The molecule has 7 amide bonds. The summed E-state index contributed by atoms with van der Waals surface area (Å²) in [7, 11) is 0. The molecule has 5 N–H and O–H groups in total. The number of rotatable bonds is 6. The number of imide groups is 2. The molecule has 0 aromatic heterocycles. The standard InChI is InChI=1S/C33H37ClF3N7O5/c34-24-17-19(16-23(27(24)38)33(35,36)37)15-21(28(46)44-31(49)41-29(47)32(44)8-10-39-11-9-32)18-26(45)42-12-6-22(7-13-42)43-14-5-20-3-1-2-4-25(20)40-30(43)48/h1-4,16-17,21-22,39H,5-15,18,38H2,(H,40,48)(H,41,47,49)/t21-/m0/s1. The molecule has 49 heavy (non-hydrogen) atoms. The van der Waals surface area contributed by atoms with Gasteiger partial charge in [-0.2, -0.15) is 13.2 Å². The van der Waals surface area contributed by atoms with E-state index in [1.54, 1.807) is 9.80 Å². The molecule has 4 heterocycles. The number of fused-ring (bicyclic) bond motifs is 1. The van der Waals surface area contributed by atoms with E-state index >= 15 is 0 Å². The Kier molecular flexibility index (Phi) is 9.50. The maximum absolute atomic E-state index is 14.2. The molecule has 0 radical (unpaired) electrons. The number of nitrogens with two attached hydrogens (primary N) is 1. The Morgan fingerprint density at radius 3 is 2.39 bits per heavy atom. The second-order valence-corrected chi connectivity index (χ2v) is 13.4. The Hall–Kier alpha value is -4.37. The van der Waals surface area contributed by atoms with Crippen molar-refractivity contribution in [1.82, 2.24) is 25.3 Å². The number of hydrogen-bond donors (Lipinski definition) is 4. The van der Waals surface area contributed by atoms with Crippen molar-refractivity contribution in [3.05, 3.63) is 58.1 Å². The van der Waals surface area contributed by atoms with Crippen LogP contribution in [0.4, 0.5) is 34.1 Å². The van der Waals surface area contributed by atoms with E-state index in [-0.39, 0.29) is 55.0 Å². The lowest BCUT2D eigenvalue weighted by molar-refractivity contribution is -0.146. The molecule has 1 spiro atoms. The van der Waals surface area contributed by atoms with Gasteiger partial charge in [-0.1, -0.05) is 29.8 Å². The molecular weight excluding hydrogens is 667 g/mol. The first kappa shape index (κ1) is 34.5. The zero-order valence-electron chi connectivity index (χ0n) is 26.6. The number of anilines is 2. The second kappa shape index (κ2) is 13.5. The van der Waals surface area contributed by atoms with Crippen LogP contribution in [0, 0.1) is 5.92 Å². The highest BCUT2D eigenvalue weighted by Gasteiger charge is 2.57. The molecule has 1 atom stereocenters. The third kappa shape index (κ3) is 6.78. The number of para-hydroxylation sites is 1. The normalized spacial score (nSPS) is 20.5. The number of nitrogens with one attached hydrogen (secondary N) is 3. The lowest BCUT2D eigenvalue weighted by Gasteiger charge is -2.39. The van der Waals surface area contributed by atoms with E-state index in [0.717, 1.165) is 22.2 Å². The first-order valence-electron chi connectivity index (χ1n) is 16.3. The van der Waals surface area contributed by atoms with Crippen LogP contribution in [0.25, 0.3) is 0 Å². The van der Waals surface area contributed by atoms with Crippen LogP contribution in [0.5, 0.6) is 0 Å². The number of carbonyl (C=O) groups excluding carboxylic acids is 5. The Morgan fingerprint density at radius 2 is 1.69 bits per heavy atom. The largest absolute Gasteiger partial charge is 0.418 e. The molecule has 4 aliphatic heterocycles. The van der Waals surface area contributed by atoms with Crippen LogP contribution in [0.3, 0.4) is 0 Å². The van der Waals surface area contributed by atoms with E-state index in [0.29, 0.717) is 38.9 Å². The number of halogens is 4. The van der Waals surface area contributed by atoms with Crippen molar-refractivity contribution < 1.29 is 37.1 Å². The van der Waals surface area contributed by atoms with Gasteiger partial charge in [0.15, 0.2) is 0 Å². The predicted molar refractivity (Wildman–Crippen MR) is 173 cm³/mol. The number of nitrogen functional groups attached to an aromatic ring is 1. The van der Waals surface area contributed by atoms with Crippen molar-refractivity contribution in [3.8, 4) is 0 Å². The van der Waals surface area contributed by atoms with Gasteiger partial charge in [0.2, 0.25) is 11.8 Å². The van der Waals surface area contributed by atoms with Crippen molar-refractivity contribution in [1.29, 1.82) is 0 Å². The number of nitrogens with zero attached hydrogens (tertiary/aromatic N) is 3. The molecule has 12 nitrogen and oxygen atoms in total. The van der Waals surface area contributed by atoms with Crippen LogP contribution in [0.15, 0.2) is 36.4 Å². The zero-order chi connectivity index (χ0) is 35.1. The maximum atomic E-state index is 14.2. The van der Waals surface area contributed by atoms with Gasteiger partial charge < -0.3 is 26.2 Å². The summed E-state index contributed by atoms with van der Waals surface area (Å²) in [4.78, 5) is 71.4. The predicted octanol–water partition coefficient (Wildman–Crippen LogP) is 3.77. The van der Waals surface area contributed by atoms with Gasteiger partial charge in [0, 0.05) is 37.8 Å². The van der Waals surface area contributed by atoms with E-state index in [2.05, 4.69) is 16.0 Å². The number of carbonyl (C=O) groups is 5. The minimum atomic E-state index is -4.84. The molecule has 2 aromatic carbocycles. The van der Waals surface area contributed by atoms with Gasteiger partial charge in [0.1, 0.15) is 5.54 Å². The summed E-state index contributed by atoms with van der Waals surface area (Å²) >= 11 is 6.08. The van der Waals surface area contributed by atoms with Crippen LogP contribution in [-0.2, 0) is 33.4 Å². The van der Waals surface area contributed by atoms with Gasteiger partial charge in [-0.05, 0) is 80.9 Å². The number of hydrogen-bond acceptors (Lipinski definition) is 7. The number of piperidine rings is 2. The summed E-state index contributed by atoms with van der Waals surface area (Å²) in [6.45, 7) is 1.78. The van der Waals surface area contributed by atoms with Gasteiger partial charge in [0.05, 0.1) is 22.2 Å². The van der Waals surface area contributed by atoms with Crippen molar-refractivity contribution in [3.63, 3.8) is 0 Å². The molecule has 6 rings (SSSR count). The van der Waals surface area contributed by atoms with E-state index in [4.69, 9.17) is 17.3 Å². The summed E-state index contributed by atoms with van der Waals surface area (Å²) in [5.41, 5.74) is 4.10. The SMILES string of the molecule is Nc1c(Cl)cc(C[C@@H](CC(=O)N2CCC(N3CCc4ccccc4NC3=O)CC2)C(=O)N2C(=O)NC(=O)C23CCNCC3)cc1C(F)(F)F. The summed E-state index contributed by atoms with van der Waals surface area (Å²) in [6, 6.07) is 8.31. The van der Waals surface area contributed by atoms with Crippen molar-refractivity contribution in [2.24, 2.45) is 5.92 Å². The fraction of sp³-hybridized carbons (Fsp3) is 0.485. The van der Waals surface area contributed by atoms with Crippen LogP contribution in [0.2, 0.25) is 5.02 Å². The molecule has 0 bridgehead atoms. The van der Waals surface area contributed by atoms with Crippen LogP contribution in [-0.4, -0.2) is 88.8 Å². The Labute approximate surface area is 285 Å². The molecule has 16 heteroatoms. The Morgan fingerprint density at radius 1 is 1.00 bits per heavy atom. The highest BCUT2D eigenvalue weighted by atomic mass is 35.5. The van der Waals surface area contributed by atoms with Crippen molar-refractivity contribution in [2.45, 2.75) is 62.7 Å². The summed E-state index contributed by atoms with van der Waals surface area (Å²) < 4.78 is 41.5. The number of benzene rings is 2. The molecule has 3 saturated heterocycles. The van der Waals surface area contributed by atoms with Crippen molar-refractivity contribution >= 4 is 52.8 Å². The molecule has 0 aliphatic carbocycles. The molecule has 4 aliphatic rings. The van der Waals surface area contributed by atoms with E-state index in [1.165, 1.54) is 6.07 Å². The first-order chi connectivity index (χ1) is 23.3. The molecule has 262 valence electrons. The van der Waals surface area contributed by atoms with E-state index in [9.17, 15) is 37.1 Å². The van der Waals surface area contributed by atoms with Gasteiger partial charge in [0.25, 0.3) is 5.91 Å². The van der Waals surface area contributed by atoms with Crippen LogP contribution >= 0.6 is 11.6 Å². The molecular formula is C33H37ClF3N7O5. The Balaban J connectivity index is 1.21. The van der Waals surface area contributed by atoms with Crippen LogP contribution in [0.1, 0.15) is 48.8 Å². The average molecular weight is 704 g/mol. The first-order valence-corrected chi connectivity index (χ1v) is 16.6. The third-order valence-corrected chi connectivity index (χ3v) is 10.4. The maximum Gasteiger partial charge on any atom is 0.418 e. The number of amides is 7. The highest BCUT2D eigenvalue weighted by molar-refractivity contribution is 6.33. The zero-order valence-corrected chi connectivity index (χ0v) is 27.3. The molecule has 0 unspecified atom stereocenters. The summed E-state index contributed by atoms with van der Waals surface area (Å²) in [6.07, 6.45) is -3.71. The number of likely N-dealkylation sites (tertiary alicyclic amines) is 1. The topological polar surface area (TPSA) is 157 Å². The van der Waals surface area contributed by atoms with Crippen molar-refractivity contribution in [2.75, 3.05) is 43.8 Å². The van der Waals surface area contributed by atoms with Crippen LogP contribution < -0.4 is 21.7 Å². The number of alkyl halides is 3. The monoisotopic (exact) mass is 703 g/mol. The molecule has 3 fully saturated rings.